The fourth-order valence-electron chi connectivity index (χ4n) is 9.57. The first-order chi connectivity index (χ1) is 31.1. The number of benzene rings is 1. The molecule has 2 N–H and O–H groups in total. The number of pyridine rings is 1. The van der Waals surface area contributed by atoms with Crippen molar-refractivity contribution in [1.29, 1.82) is 0 Å². The fraction of sp³-hybridized carbons (Fsp3) is 0.574. The van der Waals surface area contributed by atoms with Crippen molar-refractivity contribution in [1.82, 2.24) is 39.8 Å². The normalized spacial score (nSPS) is 22.2. The van der Waals surface area contributed by atoms with Crippen molar-refractivity contribution in [2.45, 2.75) is 103 Å². The summed E-state index contributed by atoms with van der Waals surface area (Å²) in [5.41, 5.74) is 5.29. The molecule has 0 aliphatic carbocycles. The van der Waals surface area contributed by atoms with Gasteiger partial charge in [-0.1, -0.05) is 33.8 Å². The van der Waals surface area contributed by atoms with Gasteiger partial charge in [0, 0.05) is 79.2 Å². The van der Waals surface area contributed by atoms with Crippen molar-refractivity contribution >= 4 is 55.7 Å². The first-order valence-corrected chi connectivity index (χ1v) is 24.7. The molecule has 6 bridgehead atoms. The quantitative estimate of drug-likeness (QED) is 0.171. The molecule has 16 nitrogen and oxygen atoms in total. The first-order valence-electron chi connectivity index (χ1n) is 22.7. The van der Waals surface area contributed by atoms with Gasteiger partial charge in [-0.15, -0.1) is 11.3 Å². The third kappa shape index (κ3) is 9.61. The summed E-state index contributed by atoms with van der Waals surface area (Å²) < 4.78 is 25.7. The Balaban J connectivity index is 1.16. The van der Waals surface area contributed by atoms with Crippen LogP contribution in [-0.4, -0.2) is 141 Å². The summed E-state index contributed by atoms with van der Waals surface area (Å²) in [7, 11) is 3.21. The summed E-state index contributed by atoms with van der Waals surface area (Å²) in [4.78, 5) is 70.1. The van der Waals surface area contributed by atoms with Crippen LogP contribution < -0.4 is 10.4 Å². The lowest BCUT2D eigenvalue weighted by Crippen LogP contribution is -2.66. The number of aromatic nitrogens is 3. The van der Waals surface area contributed by atoms with Crippen molar-refractivity contribution in [3.63, 3.8) is 0 Å². The van der Waals surface area contributed by atoms with Gasteiger partial charge in [-0.25, -0.2) is 9.78 Å². The van der Waals surface area contributed by atoms with E-state index in [1.54, 1.807) is 25.3 Å². The number of amides is 4. The Hall–Kier alpha value is -4.72. The number of methoxy groups -OCH3 is 1. The maximum atomic E-state index is 14.7. The lowest BCUT2D eigenvalue weighted by molar-refractivity contribution is -0.232. The van der Waals surface area contributed by atoms with Gasteiger partial charge in [0.05, 0.1) is 66.7 Å². The van der Waals surface area contributed by atoms with Crippen LogP contribution in [0.25, 0.3) is 33.4 Å². The number of rotatable bonds is 8. The van der Waals surface area contributed by atoms with Gasteiger partial charge in [0.2, 0.25) is 5.91 Å². The minimum absolute atomic E-state index is 0.120. The Morgan fingerprint density at radius 3 is 2.66 bits per heavy atom. The number of likely N-dealkylation sites (N-methyl/N-ethyl adjacent to an activating group) is 1. The van der Waals surface area contributed by atoms with E-state index in [2.05, 4.69) is 60.0 Å². The number of hydrazine groups is 1. The molecule has 4 aromatic rings. The highest BCUT2D eigenvalue weighted by atomic mass is 32.1. The van der Waals surface area contributed by atoms with E-state index in [0.29, 0.717) is 70.3 Å². The third-order valence-corrected chi connectivity index (χ3v) is 15.2. The third-order valence-electron chi connectivity index (χ3n) is 13.1. The van der Waals surface area contributed by atoms with Gasteiger partial charge in [-0.2, -0.15) is 0 Å². The molecule has 8 rings (SSSR count). The lowest BCUT2D eigenvalue weighted by Gasteiger charge is -2.48. The van der Waals surface area contributed by atoms with Crippen LogP contribution in [0.15, 0.2) is 41.9 Å². The standard InChI is InChI=1S/C47H62N8O8SSi/c1-9-54-36-15-14-30-20-32(36)33(41(54)31-12-10-16-48-39(31)29(4)60-8)22-46(5,6)25-62-44(58)37-13-11-17-55(51-65-37)43(57)34(21-38-49-35(30)23-64-38)50-42(56)40(28(2)3)52(7)45(59)53-18-19-63-47(24-53)26-61-27-47/h10,12,14-16,20,23,28-29,34,37,40,51H,9,11,13,17-19,21-22,24-27H2,1-8H3,(H,50,56)/t29-,34-,37-,40-/m0/s1. The van der Waals surface area contributed by atoms with Crippen molar-refractivity contribution in [2.75, 3.05) is 60.2 Å². The molecule has 3 fully saturated rings. The van der Waals surface area contributed by atoms with Gasteiger partial charge < -0.3 is 38.6 Å². The summed E-state index contributed by atoms with van der Waals surface area (Å²) >= 11 is 1.44. The number of carbonyl (C=O) groups excluding carboxylic acids is 4. The van der Waals surface area contributed by atoms with Crippen LogP contribution in [0.4, 0.5) is 4.79 Å². The monoisotopic (exact) mass is 926 g/mol. The van der Waals surface area contributed by atoms with Crippen LogP contribution in [0.5, 0.6) is 0 Å². The number of thiazole rings is 1. The molecule has 4 atom stereocenters. The molecule has 4 amide bonds. The number of ether oxygens (including phenoxy) is 4. The van der Waals surface area contributed by atoms with E-state index >= 15 is 0 Å². The number of hydrogen-bond donors (Lipinski definition) is 2. The summed E-state index contributed by atoms with van der Waals surface area (Å²) in [5, 5.41) is 11.6. The Labute approximate surface area is 387 Å². The summed E-state index contributed by atoms with van der Waals surface area (Å²) in [5.74, 6) is -1.36. The van der Waals surface area contributed by atoms with Gasteiger partial charge in [0.25, 0.3) is 5.91 Å². The van der Waals surface area contributed by atoms with Gasteiger partial charge in [0.15, 0.2) is 9.68 Å². The predicted molar refractivity (Wildman–Crippen MR) is 248 cm³/mol. The van der Waals surface area contributed by atoms with Gasteiger partial charge >= 0.3 is 12.0 Å². The van der Waals surface area contributed by atoms with Crippen LogP contribution in [0, 0.1) is 11.3 Å². The Morgan fingerprint density at radius 1 is 1.14 bits per heavy atom. The zero-order chi connectivity index (χ0) is 46.2. The molecular weight excluding hydrogens is 865 g/mol. The van der Waals surface area contributed by atoms with Crippen molar-refractivity contribution in [2.24, 2.45) is 11.3 Å². The molecule has 18 heteroatoms. The Bertz CT molecular complexity index is 2420. The molecule has 0 unspecified atom stereocenters. The second kappa shape index (κ2) is 19.2. The minimum Gasteiger partial charge on any atom is -0.465 e. The predicted octanol–water partition coefficient (Wildman–Crippen LogP) is 5.42. The molecule has 0 saturated carbocycles. The second-order valence-corrected chi connectivity index (χ2v) is 21.1. The van der Waals surface area contributed by atoms with Crippen molar-refractivity contribution < 1.29 is 38.1 Å². The number of morpholine rings is 1. The Kier molecular flexibility index (Phi) is 13.9. The summed E-state index contributed by atoms with van der Waals surface area (Å²) in [6, 6.07) is 8.28. The zero-order valence-electron chi connectivity index (χ0n) is 38.8. The highest BCUT2D eigenvalue weighted by Crippen LogP contribution is 2.42. The molecule has 2 radical (unpaired) electrons. The van der Waals surface area contributed by atoms with Crippen LogP contribution in [-0.2, 0) is 52.7 Å². The SMILES string of the molecule is CCn1c(-c2cccnc2[C@H](C)OC)c2c3cc(ccc31)-c1csc(n1)C[C@H](NC(=O)[C@H](C(C)C)N(C)C(=O)N1CCOC3(COC3)C1)C(=O)N1CCC[C@H]([Si]N1)C(=O)OCC(C)(C)C2. The van der Waals surface area contributed by atoms with Crippen LogP contribution in [0.2, 0.25) is 5.54 Å². The van der Waals surface area contributed by atoms with Crippen molar-refractivity contribution in [3.8, 4) is 22.5 Å². The molecule has 7 heterocycles. The van der Waals surface area contributed by atoms with E-state index in [4.69, 9.17) is 28.9 Å². The number of hydrogen-bond acceptors (Lipinski definition) is 12. The molecule has 1 aromatic carbocycles. The first kappa shape index (κ1) is 46.8. The van der Waals surface area contributed by atoms with Crippen molar-refractivity contribution in [3.05, 3.63) is 58.2 Å². The fourth-order valence-corrected chi connectivity index (χ4v) is 11.5. The smallest absolute Gasteiger partial charge is 0.320 e. The Morgan fingerprint density at radius 2 is 1.94 bits per heavy atom. The highest BCUT2D eigenvalue weighted by Gasteiger charge is 2.46. The average Bonchev–Trinajstić information content (AvgIpc) is 3.77. The zero-order valence-corrected chi connectivity index (χ0v) is 40.6. The molecule has 4 aliphatic rings. The van der Waals surface area contributed by atoms with E-state index in [9.17, 15) is 19.2 Å². The van der Waals surface area contributed by atoms with E-state index in [1.165, 1.54) is 21.2 Å². The van der Waals surface area contributed by atoms with E-state index in [-0.39, 0.29) is 52.6 Å². The highest BCUT2D eigenvalue weighted by molar-refractivity contribution is 7.10. The molecule has 4 aliphatic heterocycles. The number of carbonyl (C=O) groups is 4. The number of nitrogens with zero attached hydrogens (tertiary/aromatic N) is 6. The molecule has 3 aromatic heterocycles. The number of cyclic esters (lactones) is 1. The molecule has 65 heavy (non-hydrogen) atoms. The molecule has 348 valence electrons. The van der Waals surface area contributed by atoms with Crippen LogP contribution >= 0.6 is 11.3 Å². The van der Waals surface area contributed by atoms with Gasteiger partial charge in [-0.3, -0.25) is 29.5 Å². The number of esters is 1. The molecular formula is C47H62N8O8SSi. The van der Waals surface area contributed by atoms with Gasteiger partial charge in [-0.05, 0) is 68.9 Å². The minimum atomic E-state index is -1.02. The topological polar surface area (TPSA) is 170 Å². The van der Waals surface area contributed by atoms with E-state index in [1.807, 2.05) is 32.2 Å². The number of fused-ring (bicyclic) bond motifs is 7. The van der Waals surface area contributed by atoms with Gasteiger partial charge in [0.1, 0.15) is 17.7 Å². The largest absolute Gasteiger partial charge is 0.465 e. The average molecular weight is 927 g/mol. The second-order valence-electron chi connectivity index (χ2n) is 18.9. The maximum absolute atomic E-state index is 14.7. The van der Waals surface area contributed by atoms with E-state index < -0.39 is 34.5 Å². The maximum Gasteiger partial charge on any atom is 0.320 e. The number of aryl methyl sites for hydroxylation is 1. The number of nitrogens with one attached hydrogen (secondary N) is 2. The number of urea groups is 1. The van der Waals surface area contributed by atoms with Crippen LogP contribution in [0.3, 0.4) is 0 Å². The van der Waals surface area contributed by atoms with Crippen LogP contribution in [0.1, 0.15) is 76.8 Å². The lowest BCUT2D eigenvalue weighted by atomic mass is 9.84. The molecule has 3 saturated heterocycles. The summed E-state index contributed by atoms with van der Waals surface area (Å²) in [6.45, 7) is 15.4. The van der Waals surface area contributed by atoms with E-state index in [0.717, 1.165) is 44.7 Å². The summed E-state index contributed by atoms with van der Waals surface area (Å²) in [6.07, 6.45) is 3.37. The molecule has 1 spiro atoms.